The van der Waals surface area contributed by atoms with Crippen LogP contribution in [0.4, 0.5) is 4.79 Å². The number of unbranched alkanes of at least 4 members (excludes halogenated alkanes) is 3. The van der Waals surface area contributed by atoms with Crippen molar-refractivity contribution < 1.29 is 19.0 Å². The van der Waals surface area contributed by atoms with Crippen LogP contribution < -0.4 is 0 Å². The van der Waals surface area contributed by atoms with Crippen molar-refractivity contribution in [3.05, 3.63) is 0 Å². The van der Waals surface area contributed by atoms with Crippen LogP contribution in [0.3, 0.4) is 0 Å². The molecule has 14 heavy (non-hydrogen) atoms. The maximum atomic E-state index is 10.5. The van der Waals surface area contributed by atoms with Gasteiger partial charge in [-0.15, -0.1) is 0 Å². The van der Waals surface area contributed by atoms with E-state index in [0.29, 0.717) is 6.61 Å². The van der Waals surface area contributed by atoms with Crippen LogP contribution in [-0.4, -0.2) is 33.1 Å². The lowest BCUT2D eigenvalue weighted by molar-refractivity contribution is 0.0368. The van der Waals surface area contributed by atoms with Crippen molar-refractivity contribution in [2.75, 3.05) is 26.9 Å². The average Bonchev–Trinajstić information content (AvgIpc) is 2.21. The van der Waals surface area contributed by atoms with Crippen LogP contribution in [0.2, 0.25) is 0 Å². The number of rotatable bonds is 8. The van der Waals surface area contributed by atoms with E-state index >= 15 is 0 Å². The summed E-state index contributed by atoms with van der Waals surface area (Å²) in [4.78, 5) is 10.5. The van der Waals surface area contributed by atoms with Crippen LogP contribution in [0.15, 0.2) is 0 Å². The predicted molar refractivity (Wildman–Crippen MR) is 53.3 cm³/mol. The van der Waals surface area contributed by atoms with Crippen molar-refractivity contribution in [1.29, 1.82) is 0 Å². The monoisotopic (exact) mass is 204 g/mol. The Bertz CT molecular complexity index is 136. The van der Waals surface area contributed by atoms with Crippen molar-refractivity contribution in [2.45, 2.75) is 32.6 Å². The fourth-order valence-corrected chi connectivity index (χ4v) is 0.976. The lowest BCUT2D eigenvalue weighted by Crippen LogP contribution is -2.10. The molecule has 4 heteroatoms. The zero-order valence-corrected chi connectivity index (χ0v) is 9.08. The molecule has 0 unspecified atom stereocenters. The van der Waals surface area contributed by atoms with Crippen LogP contribution in [-0.2, 0) is 14.2 Å². The van der Waals surface area contributed by atoms with E-state index in [1.165, 1.54) is 26.4 Å². The van der Waals surface area contributed by atoms with Gasteiger partial charge < -0.3 is 14.2 Å². The van der Waals surface area contributed by atoms with Gasteiger partial charge in [0.25, 0.3) is 0 Å². The molecule has 84 valence electrons. The molecule has 0 bridgehead atoms. The first-order chi connectivity index (χ1) is 6.81. The van der Waals surface area contributed by atoms with Gasteiger partial charge in [0.15, 0.2) is 0 Å². The molecule has 0 fully saturated rings. The maximum Gasteiger partial charge on any atom is 0.508 e. The van der Waals surface area contributed by atoms with E-state index in [2.05, 4.69) is 16.4 Å². The molecule has 0 spiro atoms. The Morgan fingerprint density at radius 2 is 1.86 bits per heavy atom. The molecule has 0 saturated heterocycles. The Labute approximate surface area is 85.5 Å². The molecule has 0 heterocycles. The molecule has 0 atom stereocenters. The molecule has 0 aliphatic heterocycles. The fourth-order valence-electron chi connectivity index (χ4n) is 0.976. The van der Waals surface area contributed by atoms with Gasteiger partial charge in [-0.2, -0.15) is 0 Å². The minimum Gasteiger partial charge on any atom is -0.438 e. The van der Waals surface area contributed by atoms with Crippen molar-refractivity contribution in [1.82, 2.24) is 0 Å². The van der Waals surface area contributed by atoms with Gasteiger partial charge in [-0.3, -0.25) is 0 Å². The Morgan fingerprint density at radius 1 is 1.07 bits per heavy atom. The van der Waals surface area contributed by atoms with E-state index in [9.17, 15) is 4.79 Å². The maximum absolute atomic E-state index is 10.5. The molecule has 0 saturated carbocycles. The lowest BCUT2D eigenvalue weighted by atomic mass is 10.2. The summed E-state index contributed by atoms with van der Waals surface area (Å²) in [6.07, 6.45) is 4.10. The van der Waals surface area contributed by atoms with Crippen molar-refractivity contribution in [3.63, 3.8) is 0 Å². The van der Waals surface area contributed by atoms with Gasteiger partial charge in [-0.1, -0.05) is 26.2 Å². The first-order valence-corrected chi connectivity index (χ1v) is 5.09. The zero-order chi connectivity index (χ0) is 10.6. The molecule has 4 nitrogen and oxygen atoms in total. The van der Waals surface area contributed by atoms with Crippen molar-refractivity contribution in [2.24, 2.45) is 0 Å². The molecule has 0 aromatic carbocycles. The first kappa shape index (κ1) is 13.2. The van der Waals surface area contributed by atoms with Crippen LogP contribution in [0.25, 0.3) is 0 Å². The molecular formula is C10H20O4. The van der Waals surface area contributed by atoms with E-state index in [1.54, 1.807) is 0 Å². The molecule has 0 aromatic rings. The highest BCUT2D eigenvalue weighted by Crippen LogP contribution is 1.98. The SMILES string of the molecule is CCCCCCOCCOC(=O)OC. The third-order valence-corrected chi connectivity index (χ3v) is 1.76. The quantitative estimate of drug-likeness (QED) is 0.449. The lowest BCUT2D eigenvalue weighted by Gasteiger charge is -2.04. The second kappa shape index (κ2) is 10.3. The number of methoxy groups -OCH3 is 1. The summed E-state index contributed by atoms with van der Waals surface area (Å²) in [5.74, 6) is 0. The van der Waals surface area contributed by atoms with Gasteiger partial charge >= 0.3 is 6.16 Å². The van der Waals surface area contributed by atoms with Gasteiger partial charge in [0.2, 0.25) is 0 Å². The molecule has 0 amide bonds. The summed E-state index contributed by atoms with van der Waals surface area (Å²) in [6, 6.07) is 0. The smallest absolute Gasteiger partial charge is 0.438 e. The van der Waals surface area contributed by atoms with Gasteiger partial charge in [-0.05, 0) is 6.42 Å². The summed E-state index contributed by atoms with van der Waals surface area (Å²) in [5.41, 5.74) is 0. The van der Waals surface area contributed by atoms with Gasteiger partial charge in [0.1, 0.15) is 6.61 Å². The molecule has 0 radical (unpaired) electrons. The summed E-state index contributed by atoms with van der Waals surface area (Å²) in [6.45, 7) is 3.62. The molecular weight excluding hydrogens is 184 g/mol. The zero-order valence-electron chi connectivity index (χ0n) is 9.08. The predicted octanol–water partition coefficient (Wildman–Crippen LogP) is 2.37. The largest absolute Gasteiger partial charge is 0.508 e. The van der Waals surface area contributed by atoms with E-state index in [-0.39, 0.29) is 6.61 Å². The Balaban J connectivity index is 2.95. The van der Waals surface area contributed by atoms with E-state index in [1.807, 2.05) is 0 Å². The third-order valence-electron chi connectivity index (χ3n) is 1.76. The highest BCUT2D eigenvalue weighted by Gasteiger charge is 1.98. The highest BCUT2D eigenvalue weighted by molar-refractivity contribution is 5.59. The molecule has 0 aliphatic carbocycles. The number of carbonyl (C=O) groups excluding carboxylic acids is 1. The standard InChI is InChI=1S/C10H20O4/c1-3-4-5-6-7-13-8-9-14-10(11)12-2/h3-9H2,1-2H3. The molecule has 0 N–H and O–H groups in total. The Kier molecular flexibility index (Phi) is 9.74. The van der Waals surface area contributed by atoms with E-state index in [4.69, 9.17) is 4.74 Å². The van der Waals surface area contributed by atoms with Crippen molar-refractivity contribution >= 4 is 6.16 Å². The van der Waals surface area contributed by atoms with Crippen LogP contribution in [0, 0.1) is 0 Å². The second-order valence-corrected chi connectivity index (χ2v) is 2.98. The number of hydrogen-bond acceptors (Lipinski definition) is 4. The summed E-state index contributed by atoms with van der Waals surface area (Å²) in [5, 5.41) is 0. The number of carbonyl (C=O) groups is 1. The summed E-state index contributed by atoms with van der Waals surface area (Å²) >= 11 is 0. The van der Waals surface area contributed by atoms with E-state index < -0.39 is 6.16 Å². The van der Waals surface area contributed by atoms with Crippen LogP contribution in [0.1, 0.15) is 32.6 Å². The van der Waals surface area contributed by atoms with Crippen molar-refractivity contribution in [3.8, 4) is 0 Å². The van der Waals surface area contributed by atoms with Crippen LogP contribution in [0.5, 0.6) is 0 Å². The molecule has 0 rings (SSSR count). The van der Waals surface area contributed by atoms with E-state index in [0.717, 1.165) is 13.0 Å². The Morgan fingerprint density at radius 3 is 2.50 bits per heavy atom. The number of hydrogen-bond donors (Lipinski definition) is 0. The minimum atomic E-state index is -0.653. The summed E-state index contributed by atoms with van der Waals surface area (Å²) < 4.78 is 14.2. The van der Waals surface area contributed by atoms with Gasteiger partial charge in [0, 0.05) is 6.61 Å². The topological polar surface area (TPSA) is 44.8 Å². The Hall–Kier alpha value is -0.770. The third kappa shape index (κ3) is 9.32. The highest BCUT2D eigenvalue weighted by atomic mass is 16.7. The summed E-state index contributed by atoms with van der Waals surface area (Å²) in [7, 11) is 1.29. The van der Waals surface area contributed by atoms with Crippen LogP contribution >= 0.6 is 0 Å². The normalized spacial score (nSPS) is 9.86. The molecule has 0 aliphatic rings. The minimum absolute atomic E-state index is 0.264. The first-order valence-electron chi connectivity index (χ1n) is 5.09. The fraction of sp³-hybridized carbons (Fsp3) is 0.900. The average molecular weight is 204 g/mol. The van der Waals surface area contributed by atoms with Gasteiger partial charge in [-0.25, -0.2) is 4.79 Å². The molecule has 0 aromatic heterocycles. The van der Waals surface area contributed by atoms with Gasteiger partial charge in [0.05, 0.1) is 13.7 Å². The number of ether oxygens (including phenoxy) is 3. The second-order valence-electron chi connectivity index (χ2n) is 2.98.